The number of benzene rings is 3. The number of carbonyl (C=O) groups excluding carboxylic acids is 1. The molecule has 0 fully saturated rings. The second-order valence-electron chi connectivity index (χ2n) is 11.4. The molecule has 0 bridgehead atoms. The van der Waals surface area contributed by atoms with Crippen molar-refractivity contribution in [3.63, 3.8) is 0 Å². The number of para-hydroxylation sites is 1. The summed E-state index contributed by atoms with van der Waals surface area (Å²) in [6, 6.07) is 18.5. The Labute approximate surface area is 252 Å². The lowest BCUT2D eigenvalue weighted by molar-refractivity contribution is -0.151. The summed E-state index contributed by atoms with van der Waals surface area (Å²) in [5.74, 6) is 0.705. The second-order valence-corrected chi connectivity index (χ2v) is 13.6. The Morgan fingerprint density at radius 1 is 0.905 bits per heavy atom. The standard InChI is InChI=1S/C35H48NO5P/c1-8-24(4)33-23-28(16-17-34(33)37)22-32-25(5)20-29(21-26(32)6)18-19-42(39,41-31-14-12-11-13-15-31)36-27(7)35(38)40-30(9-2)10-3/h11-17,20-21,23-24,27,30,37H,8-10,18-19,22H2,1-7H3,(H,36,39)/t24?,27-,42?/m0/s1. The fourth-order valence-corrected chi connectivity index (χ4v) is 7.16. The SMILES string of the molecule is CCC(CC)OC(=O)[C@H](C)NP(=O)(CCc1cc(C)c(Cc2ccc(O)c(C(C)CC)c2)c(C)c1)Oc1ccccc1. The molecule has 6 nitrogen and oxygen atoms in total. The average Bonchev–Trinajstić information content (AvgIpc) is 2.97. The average molecular weight is 594 g/mol. The summed E-state index contributed by atoms with van der Waals surface area (Å²) >= 11 is 0. The molecule has 0 aliphatic heterocycles. The predicted molar refractivity (Wildman–Crippen MR) is 172 cm³/mol. The van der Waals surface area contributed by atoms with Crippen molar-refractivity contribution in [3.05, 3.63) is 94.0 Å². The highest BCUT2D eigenvalue weighted by Gasteiger charge is 2.31. The van der Waals surface area contributed by atoms with Crippen LogP contribution >= 0.6 is 7.52 Å². The third-order valence-corrected chi connectivity index (χ3v) is 10.1. The Kier molecular flexibility index (Phi) is 12.3. The topological polar surface area (TPSA) is 84.9 Å². The fourth-order valence-electron chi connectivity index (χ4n) is 5.17. The Hall–Kier alpha value is -3.08. The molecule has 0 saturated heterocycles. The molecule has 228 valence electrons. The molecule has 0 aliphatic carbocycles. The van der Waals surface area contributed by atoms with Crippen molar-refractivity contribution in [2.24, 2.45) is 0 Å². The molecule has 0 aromatic heterocycles. The molecule has 0 heterocycles. The fraction of sp³-hybridized carbons (Fsp3) is 0.457. The van der Waals surface area contributed by atoms with Gasteiger partial charge in [0.2, 0.25) is 0 Å². The van der Waals surface area contributed by atoms with Crippen molar-refractivity contribution in [1.29, 1.82) is 0 Å². The van der Waals surface area contributed by atoms with Crippen molar-refractivity contribution < 1.29 is 23.7 Å². The zero-order chi connectivity index (χ0) is 30.9. The van der Waals surface area contributed by atoms with Gasteiger partial charge in [-0.2, -0.15) is 0 Å². The summed E-state index contributed by atoms with van der Waals surface area (Å²) in [6.45, 7) is 14.1. The van der Waals surface area contributed by atoms with E-state index in [1.165, 1.54) is 11.1 Å². The number of hydrogen-bond acceptors (Lipinski definition) is 5. The second kappa shape index (κ2) is 15.4. The van der Waals surface area contributed by atoms with Crippen LogP contribution in [-0.2, 0) is 26.9 Å². The third kappa shape index (κ3) is 9.21. The van der Waals surface area contributed by atoms with Gasteiger partial charge in [-0.25, -0.2) is 5.09 Å². The molecule has 2 N–H and O–H groups in total. The van der Waals surface area contributed by atoms with E-state index in [4.69, 9.17) is 9.26 Å². The number of esters is 1. The minimum Gasteiger partial charge on any atom is -0.508 e. The highest BCUT2D eigenvalue weighted by atomic mass is 31.2. The summed E-state index contributed by atoms with van der Waals surface area (Å²) in [7, 11) is -3.47. The van der Waals surface area contributed by atoms with E-state index in [1.807, 2.05) is 38.1 Å². The maximum atomic E-state index is 14.2. The van der Waals surface area contributed by atoms with E-state index >= 15 is 0 Å². The van der Waals surface area contributed by atoms with Crippen LogP contribution in [0.3, 0.4) is 0 Å². The van der Waals surface area contributed by atoms with Gasteiger partial charge in [0, 0.05) is 0 Å². The van der Waals surface area contributed by atoms with Gasteiger partial charge in [0.25, 0.3) is 0 Å². The van der Waals surface area contributed by atoms with Gasteiger partial charge < -0.3 is 14.4 Å². The first-order valence-corrected chi connectivity index (χ1v) is 17.0. The maximum absolute atomic E-state index is 14.2. The van der Waals surface area contributed by atoms with Gasteiger partial charge in [0.15, 0.2) is 0 Å². The number of rotatable bonds is 15. The van der Waals surface area contributed by atoms with Gasteiger partial charge in [-0.05, 0) is 110 Å². The van der Waals surface area contributed by atoms with Crippen LogP contribution in [0, 0.1) is 13.8 Å². The molecular formula is C35H48NO5P. The molecular weight excluding hydrogens is 545 g/mol. The van der Waals surface area contributed by atoms with E-state index < -0.39 is 19.5 Å². The number of phenolic OH excluding ortho intramolecular Hbond substituents is 1. The molecule has 3 rings (SSSR count). The first-order chi connectivity index (χ1) is 20.0. The number of phenols is 1. The number of hydrogen-bond donors (Lipinski definition) is 2. The normalized spacial score (nSPS) is 14.3. The molecule has 3 aromatic carbocycles. The third-order valence-electron chi connectivity index (χ3n) is 8.00. The molecule has 3 atom stereocenters. The number of aryl methyl sites for hydroxylation is 3. The molecule has 0 radical (unpaired) electrons. The van der Waals surface area contributed by atoms with Crippen molar-refractivity contribution >= 4 is 13.5 Å². The van der Waals surface area contributed by atoms with E-state index in [9.17, 15) is 14.5 Å². The number of carbonyl (C=O) groups is 1. The Bertz CT molecular complexity index is 1350. The van der Waals surface area contributed by atoms with Gasteiger partial charge >= 0.3 is 13.5 Å². The van der Waals surface area contributed by atoms with Crippen LogP contribution in [0.5, 0.6) is 11.5 Å². The van der Waals surface area contributed by atoms with Crippen LogP contribution in [0.25, 0.3) is 0 Å². The van der Waals surface area contributed by atoms with Crippen LogP contribution in [0.2, 0.25) is 0 Å². The van der Waals surface area contributed by atoms with Crippen LogP contribution in [0.4, 0.5) is 0 Å². The van der Waals surface area contributed by atoms with Crippen LogP contribution in [0.15, 0.2) is 60.7 Å². The van der Waals surface area contributed by atoms with Crippen molar-refractivity contribution in [2.45, 2.75) is 98.6 Å². The van der Waals surface area contributed by atoms with Gasteiger partial charge in [0.05, 0.1) is 6.16 Å². The van der Waals surface area contributed by atoms with Gasteiger partial charge in [-0.1, -0.05) is 70.2 Å². The zero-order valence-electron chi connectivity index (χ0n) is 26.3. The monoisotopic (exact) mass is 593 g/mol. The molecule has 0 spiro atoms. The molecule has 42 heavy (non-hydrogen) atoms. The summed E-state index contributed by atoms with van der Waals surface area (Å²) in [6.07, 6.45) is 3.78. The summed E-state index contributed by atoms with van der Waals surface area (Å²) in [4.78, 5) is 12.8. The number of aromatic hydroxyl groups is 1. The molecule has 0 amide bonds. The van der Waals surface area contributed by atoms with Crippen LogP contribution < -0.4 is 9.61 Å². The minimum absolute atomic E-state index is 0.163. The first kappa shape index (κ1) is 33.4. The lowest BCUT2D eigenvalue weighted by Crippen LogP contribution is -2.37. The van der Waals surface area contributed by atoms with Crippen molar-refractivity contribution in [2.75, 3.05) is 6.16 Å². The van der Waals surface area contributed by atoms with Gasteiger partial charge in [0.1, 0.15) is 23.6 Å². The van der Waals surface area contributed by atoms with Crippen molar-refractivity contribution in [1.82, 2.24) is 5.09 Å². The minimum atomic E-state index is -3.47. The molecule has 0 aliphatic rings. The first-order valence-electron chi connectivity index (χ1n) is 15.2. The van der Waals surface area contributed by atoms with E-state index in [0.29, 0.717) is 23.8 Å². The van der Waals surface area contributed by atoms with Gasteiger partial charge in [-0.15, -0.1) is 0 Å². The summed E-state index contributed by atoms with van der Waals surface area (Å²) in [5, 5.41) is 13.3. The maximum Gasteiger partial charge on any atom is 0.323 e. The molecule has 2 unspecified atom stereocenters. The summed E-state index contributed by atoms with van der Waals surface area (Å²) < 4.78 is 25.8. The van der Waals surface area contributed by atoms with Crippen molar-refractivity contribution in [3.8, 4) is 11.5 Å². The van der Waals surface area contributed by atoms with Gasteiger partial charge in [-0.3, -0.25) is 9.36 Å². The van der Waals surface area contributed by atoms with E-state index in [1.54, 1.807) is 25.1 Å². The Morgan fingerprint density at radius 3 is 2.14 bits per heavy atom. The highest BCUT2D eigenvalue weighted by Crippen LogP contribution is 2.44. The quantitative estimate of drug-likeness (QED) is 0.136. The predicted octanol–water partition coefficient (Wildman–Crippen LogP) is 8.64. The van der Waals surface area contributed by atoms with Crippen LogP contribution in [-0.4, -0.2) is 29.4 Å². The number of nitrogens with one attached hydrogen (secondary N) is 1. The number of ether oxygens (including phenoxy) is 1. The highest BCUT2D eigenvalue weighted by molar-refractivity contribution is 7.57. The Morgan fingerprint density at radius 2 is 1.55 bits per heavy atom. The van der Waals surface area contributed by atoms with E-state index in [0.717, 1.165) is 47.9 Å². The molecule has 7 heteroatoms. The Balaban J connectivity index is 1.79. The zero-order valence-corrected chi connectivity index (χ0v) is 27.2. The lowest BCUT2D eigenvalue weighted by atomic mass is 9.90. The van der Waals surface area contributed by atoms with E-state index in [2.05, 4.69) is 51.0 Å². The molecule has 0 saturated carbocycles. The summed E-state index contributed by atoms with van der Waals surface area (Å²) in [5.41, 5.74) is 6.79. The smallest absolute Gasteiger partial charge is 0.323 e. The van der Waals surface area contributed by atoms with Crippen LogP contribution in [0.1, 0.15) is 93.2 Å². The van der Waals surface area contributed by atoms with E-state index in [-0.39, 0.29) is 12.3 Å². The lowest BCUT2D eigenvalue weighted by Gasteiger charge is -2.25. The largest absolute Gasteiger partial charge is 0.508 e. The molecule has 3 aromatic rings.